The van der Waals surface area contributed by atoms with E-state index in [1.165, 1.54) is 0 Å². The summed E-state index contributed by atoms with van der Waals surface area (Å²) in [4.78, 5) is 40.6. The number of primary amides is 1. The van der Waals surface area contributed by atoms with Gasteiger partial charge in [0.1, 0.15) is 0 Å². The van der Waals surface area contributed by atoms with Gasteiger partial charge in [0.25, 0.3) is 0 Å². The van der Waals surface area contributed by atoms with Gasteiger partial charge in [-0.05, 0) is 19.8 Å². The molecule has 0 atom stereocenters. The summed E-state index contributed by atoms with van der Waals surface area (Å²) in [6, 6.07) is 0. The van der Waals surface area contributed by atoms with Gasteiger partial charge >= 0.3 is 6.09 Å². The number of likely N-dealkylation sites (tertiary alicyclic amines) is 1. The fraction of sp³-hybridized carbons (Fsp3) is 0.800. The number of hydrogen-bond acceptors (Lipinski definition) is 5. The van der Waals surface area contributed by atoms with E-state index in [0.717, 1.165) is 0 Å². The van der Waals surface area contributed by atoms with Crippen molar-refractivity contribution in [1.82, 2.24) is 14.7 Å². The topological polar surface area (TPSA) is 96.2 Å². The maximum absolute atomic E-state index is 12.3. The number of rotatable bonds is 4. The summed E-state index contributed by atoms with van der Waals surface area (Å²) in [6.07, 6.45) is 1.02. The molecule has 0 aromatic rings. The van der Waals surface area contributed by atoms with Crippen LogP contribution in [0.15, 0.2) is 0 Å². The van der Waals surface area contributed by atoms with Crippen LogP contribution in [0.4, 0.5) is 4.79 Å². The molecule has 8 nitrogen and oxygen atoms in total. The van der Waals surface area contributed by atoms with Gasteiger partial charge in [0, 0.05) is 45.2 Å². The standard InChI is InChI=1S/C15H26N4O4/c1-2-23-15(22)19-9-7-17(8-10-19)11-13(20)18-5-3-12(4-6-18)14(16)21/h12H,2-11H2,1H3,(H2,16,21). The Hall–Kier alpha value is -1.83. The van der Waals surface area contributed by atoms with E-state index < -0.39 is 0 Å². The van der Waals surface area contributed by atoms with Crippen molar-refractivity contribution in [3.05, 3.63) is 0 Å². The van der Waals surface area contributed by atoms with Crippen molar-refractivity contribution in [2.45, 2.75) is 19.8 Å². The predicted molar refractivity (Wildman–Crippen MR) is 83.5 cm³/mol. The molecule has 8 heteroatoms. The zero-order valence-corrected chi connectivity index (χ0v) is 13.7. The van der Waals surface area contributed by atoms with E-state index in [-0.39, 0.29) is 23.8 Å². The number of carbonyl (C=O) groups excluding carboxylic acids is 3. The van der Waals surface area contributed by atoms with Gasteiger partial charge in [-0.3, -0.25) is 14.5 Å². The molecule has 0 aromatic carbocycles. The van der Waals surface area contributed by atoms with Gasteiger partial charge in [-0.25, -0.2) is 4.79 Å². The molecule has 0 aromatic heterocycles. The number of piperazine rings is 1. The average Bonchev–Trinajstić information content (AvgIpc) is 2.55. The first-order valence-electron chi connectivity index (χ1n) is 8.22. The molecule has 2 heterocycles. The largest absolute Gasteiger partial charge is 0.450 e. The van der Waals surface area contributed by atoms with Gasteiger partial charge in [-0.15, -0.1) is 0 Å². The van der Waals surface area contributed by atoms with Crippen molar-refractivity contribution < 1.29 is 19.1 Å². The van der Waals surface area contributed by atoms with Gasteiger partial charge in [0.05, 0.1) is 13.2 Å². The van der Waals surface area contributed by atoms with Gasteiger partial charge in [0.15, 0.2) is 0 Å². The van der Waals surface area contributed by atoms with E-state index in [4.69, 9.17) is 10.5 Å². The molecular weight excluding hydrogens is 300 g/mol. The molecule has 0 spiro atoms. The minimum absolute atomic E-state index is 0.0810. The lowest BCUT2D eigenvalue weighted by molar-refractivity contribution is -0.136. The second kappa shape index (κ2) is 8.14. The quantitative estimate of drug-likeness (QED) is 0.750. The Morgan fingerprint density at radius 2 is 1.61 bits per heavy atom. The summed E-state index contributed by atoms with van der Waals surface area (Å²) >= 11 is 0. The van der Waals surface area contributed by atoms with Crippen LogP contribution in [-0.4, -0.2) is 85.0 Å². The SMILES string of the molecule is CCOC(=O)N1CCN(CC(=O)N2CCC(C(N)=O)CC2)CC1. The molecule has 0 unspecified atom stereocenters. The van der Waals surface area contributed by atoms with Crippen LogP contribution in [-0.2, 0) is 14.3 Å². The fourth-order valence-electron chi connectivity index (χ4n) is 3.01. The van der Waals surface area contributed by atoms with Crippen LogP contribution >= 0.6 is 0 Å². The fourth-order valence-corrected chi connectivity index (χ4v) is 3.01. The van der Waals surface area contributed by atoms with E-state index in [1.54, 1.807) is 16.7 Å². The lowest BCUT2D eigenvalue weighted by atomic mass is 9.96. The normalized spacial score (nSPS) is 20.4. The Labute approximate surface area is 136 Å². The molecule has 0 radical (unpaired) electrons. The molecule has 2 aliphatic heterocycles. The molecule has 130 valence electrons. The number of hydrogen-bond donors (Lipinski definition) is 1. The first kappa shape index (κ1) is 17.5. The highest BCUT2D eigenvalue weighted by molar-refractivity contribution is 5.80. The highest BCUT2D eigenvalue weighted by Gasteiger charge is 2.28. The summed E-state index contributed by atoms with van der Waals surface area (Å²) in [6.45, 7) is 6.20. The number of ether oxygens (including phenoxy) is 1. The summed E-state index contributed by atoms with van der Waals surface area (Å²) in [5.74, 6) is -0.295. The van der Waals surface area contributed by atoms with Crippen molar-refractivity contribution in [3.63, 3.8) is 0 Å². The third kappa shape index (κ3) is 4.82. The van der Waals surface area contributed by atoms with Crippen molar-refractivity contribution in [3.8, 4) is 0 Å². The summed E-state index contributed by atoms with van der Waals surface area (Å²) < 4.78 is 4.98. The molecule has 2 fully saturated rings. The molecule has 2 aliphatic rings. The molecule has 2 saturated heterocycles. The number of nitrogens with zero attached hydrogens (tertiary/aromatic N) is 3. The summed E-state index contributed by atoms with van der Waals surface area (Å²) in [7, 11) is 0. The van der Waals surface area contributed by atoms with Crippen LogP contribution in [0.2, 0.25) is 0 Å². The second-order valence-corrected chi connectivity index (χ2v) is 6.02. The number of carbonyl (C=O) groups is 3. The van der Waals surface area contributed by atoms with E-state index in [0.29, 0.717) is 65.3 Å². The first-order valence-corrected chi connectivity index (χ1v) is 8.22. The van der Waals surface area contributed by atoms with E-state index in [1.807, 2.05) is 0 Å². The molecule has 0 saturated carbocycles. The second-order valence-electron chi connectivity index (χ2n) is 6.02. The van der Waals surface area contributed by atoms with Crippen LogP contribution in [0.3, 0.4) is 0 Å². The number of amides is 3. The zero-order valence-electron chi connectivity index (χ0n) is 13.7. The highest BCUT2D eigenvalue weighted by atomic mass is 16.6. The molecule has 0 bridgehead atoms. The smallest absolute Gasteiger partial charge is 0.409 e. The Kier molecular flexibility index (Phi) is 6.20. The lowest BCUT2D eigenvalue weighted by Gasteiger charge is -2.36. The first-order chi connectivity index (χ1) is 11.0. The Balaban J connectivity index is 1.71. The van der Waals surface area contributed by atoms with Crippen molar-refractivity contribution >= 4 is 17.9 Å². The van der Waals surface area contributed by atoms with Gasteiger partial charge in [0.2, 0.25) is 11.8 Å². The van der Waals surface area contributed by atoms with E-state index >= 15 is 0 Å². The lowest BCUT2D eigenvalue weighted by Crippen LogP contribution is -2.52. The van der Waals surface area contributed by atoms with Crippen LogP contribution < -0.4 is 5.73 Å². The maximum Gasteiger partial charge on any atom is 0.409 e. The third-order valence-corrected chi connectivity index (χ3v) is 4.51. The molecule has 0 aliphatic carbocycles. The Morgan fingerprint density at radius 3 is 2.13 bits per heavy atom. The summed E-state index contributed by atoms with van der Waals surface area (Å²) in [5, 5.41) is 0. The van der Waals surface area contributed by atoms with Crippen LogP contribution in [0.1, 0.15) is 19.8 Å². The van der Waals surface area contributed by atoms with Crippen molar-refractivity contribution in [1.29, 1.82) is 0 Å². The van der Waals surface area contributed by atoms with Crippen LogP contribution in [0.5, 0.6) is 0 Å². The minimum atomic E-state index is -0.285. The van der Waals surface area contributed by atoms with Gasteiger partial charge in [-0.1, -0.05) is 0 Å². The van der Waals surface area contributed by atoms with Crippen LogP contribution in [0, 0.1) is 5.92 Å². The molecular formula is C15H26N4O4. The zero-order chi connectivity index (χ0) is 16.8. The number of piperidine rings is 1. The molecule has 3 amide bonds. The number of nitrogens with two attached hydrogens (primary N) is 1. The molecule has 23 heavy (non-hydrogen) atoms. The molecule has 2 rings (SSSR count). The maximum atomic E-state index is 12.3. The monoisotopic (exact) mass is 326 g/mol. The van der Waals surface area contributed by atoms with E-state index in [9.17, 15) is 14.4 Å². The Bertz CT molecular complexity index is 441. The van der Waals surface area contributed by atoms with Gasteiger partial charge < -0.3 is 20.3 Å². The van der Waals surface area contributed by atoms with E-state index in [2.05, 4.69) is 4.90 Å². The highest BCUT2D eigenvalue weighted by Crippen LogP contribution is 2.17. The molecule has 2 N–H and O–H groups in total. The van der Waals surface area contributed by atoms with Crippen LogP contribution in [0.25, 0.3) is 0 Å². The average molecular weight is 326 g/mol. The van der Waals surface area contributed by atoms with Gasteiger partial charge in [-0.2, -0.15) is 0 Å². The third-order valence-electron chi connectivity index (χ3n) is 4.51. The minimum Gasteiger partial charge on any atom is -0.450 e. The Morgan fingerprint density at radius 1 is 1.00 bits per heavy atom. The van der Waals surface area contributed by atoms with Crippen molar-refractivity contribution in [2.75, 3.05) is 52.4 Å². The summed E-state index contributed by atoms with van der Waals surface area (Å²) in [5.41, 5.74) is 5.30. The van der Waals surface area contributed by atoms with Crippen molar-refractivity contribution in [2.24, 2.45) is 11.7 Å². The predicted octanol–water partition coefficient (Wildman–Crippen LogP) is -0.516.